The third kappa shape index (κ3) is 1.57. The van der Waals surface area contributed by atoms with E-state index < -0.39 is 0 Å². The van der Waals surface area contributed by atoms with E-state index in [0.29, 0.717) is 11.5 Å². The molecule has 3 heteroatoms. The Morgan fingerprint density at radius 2 is 1.86 bits per heavy atom. The molecule has 1 aromatic carbocycles. The van der Waals surface area contributed by atoms with Gasteiger partial charge in [-0.3, -0.25) is 5.10 Å². The van der Waals surface area contributed by atoms with Crippen LogP contribution in [0, 0.1) is 0 Å². The lowest BCUT2D eigenvalue weighted by Gasteiger charge is -2.24. The van der Waals surface area contributed by atoms with Gasteiger partial charge in [-0.15, -0.1) is 0 Å². The highest BCUT2D eigenvalue weighted by Gasteiger charge is 2.00. The standard InChI is InChI=1S/C11H10N3/c1-8-9(2)13-14-11(12-8)10-6-4-3-5-7-10/h3-7H,1H2,2H3/q-1. The quantitative estimate of drug-likeness (QED) is 0.643. The Labute approximate surface area is 82.9 Å². The van der Waals surface area contributed by atoms with Crippen LogP contribution in [-0.4, -0.2) is 11.5 Å². The summed E-state index contributed by atoms with van der Waals surface area (Å²) in [5.74, 6) is 0.626. The molecule has 14 heavy (non-hydrogen) atoms. The van der Waals surface area contributed by atoms with Crippen molar-refractivity contribution in [3.8, 4) is 0 Å². The normalized spacial score (nSPS) is 15.6. The molecule has 1 heterocycles. The summed E-state index contributed by atoms with van der Waals surface area (Å²) in [6.07, 6.45) is 0. The van der Waals surface area contributed by atoms with E-state index in [-0.39, 0.29) is 0 Å². The predicted molar refractivity (Wildman–Crippen MR) is 58.6 cm³/mol. The molecule has 0 saturated heterocycles. The van der Waals surface area contributed by atoms with Crippen LogP contribution < -0.4 is 0 Å². The Morgan fingerprint density at radius 3 is 2.50 bits per heavy atom. The zero-order valence-corrected chi connectivity index (χ0v) is 7.94. The average molecular weight is 184 g/mol. The van der Waals surface area contributed by atoms with Crippen molar-refractivity contribution in [1.29, 1.82) is 0 Å². The molecule has 0 saturated carbocycles. The number of hydrogen-bond acceptors (Lipinski definition) is 2. The van der Waals surface area contributed by atoms with Crippen molar-refractivity contribution in [3.05, 3.63) is 53.5 Å². The van der Waals surface area contributed by atoms with Crippen molar-refractivity contribution >= 4 is 11.5 Å². The fourth-order valence-electron chi connectivity index (χ4n) is 1.12. The van der Waals surface area contributed by atoms with Gasteiger partial charge in [0.05, 0.1) is 0 Å². The largest absolute Gasteiger partial charge is 0.434 e. The van der Waals surface area contributed by atoms with Gasteiger partial charge in [-0.2, -0.15) is 0 Å². The number of rotatable bonds is 1. The minimum absolute atomic E-state index is 0.626. The molecular formula is C11H10N3-. The monoisotopic (exact) mass is 184 g/mol. The Balaban J connectivity index is 2.35. The van der Waals surface area contributed by atoms with E-state index >= 15 is 0 Å². The summed E-state index contributed by atoms with van der Waals surface area (Å²) < 4.78 is 0. The lowest BCUT2D eigenvalue weighted by molar-refractivity contribution is 1.20. The second-order valence-corrected chi connectivity index (χ2v) is 3.03. The van der Waals surface area contributed by atoms with Crippen molar-refractivity contribution in [1.82, 2.24) is 0 Å². The maximum absolute atomic E-state index is 4.26. The molecule has 1 aliphatic rings. The second-order valence-electron chi connectivity index (χ2n) is 3.03. The van der Waals surface area contributed by atoms with Gasteiger partial charge in [0.1, 0.15) is 0 Å². The summed E-state index contributed by atoms with van der Waals surface area (Å²) in [5, 5.41) is 12.2. The molecule has 0 N–H and O–H groups in total. The first-order chi connectivity index (χ1) is 6.77. The molecule has 3 nitrogen and oxygen atoms in total. The second kappa shape index (κ2) is 3.46. The lowest BCUT2D eigenvalue weighted by Crippen LogP contribution is -2.08. The van der Waals surface area contributed by atoms with Gasteiger partial charge < -0.3 is 10.4 Å². The van der Waals surface area contributed by atoms with Gasteiger partial charge in [-0.05, 0) is 24.0 Å². The van der Waals surface area contributed by atoms with Crippen LogP contribution in [0.2, 0.25) is 0 Å². The van der Waals surface area contributed by atoms with Crippen LogP contribution in [0.15, 0.2) is 52.8 Å². The van der Waals surface area contributed by atoms with Crippen molar-refractivity contribution in [3.63, 3.8) is 0 Å². The van der Waals surface area contributed by atoms with Crippen LogP contribution in [0.25, 0.3) is 5.32 Å². The Bertz CT molecular complexity index is 415. The molecular weight excluding hydrogens is 174 g/mol. The zero-order valence-electron chi connectivity index (χ0n) is 7.94. The Kier molecular flexibility index (Phi) is 2.14. The highest BCUT2D eigenvalue weighted by Crippen LogP contribution is 2.17. The summed E-state index contributed by atoms with van der Waals surface area (Å²) >= 11 is 0. The first-order valence-corrected chi connectivity index (χ1v) is 4.36. The van der Waals surface area contributed by atoms with Gasteiger partial charge in [0.2, 0.25) is 0 Å². The molecule has 0 aromatic heterocycles. The molecule has 0 fully saturated rings. The maximum Gasteiger partial charge on any atom is 0.0390 e. The first kappa shape index (κ1) is 8.69. The van der Waals surface area contributed by atoms with Gasteiger partial charge in [0.25, 0.3) is 0 Å². The Hall–Kier alpha value is -1.90. The number of benzene rings is 1. The molecule has 0 atom stereocenters. The van der Waals surface area contributed by atoms with Crippen molar-refractivity contribution in [2.24, 2.45) is 10.2 Å². The maximum atomic E-state index is 4.26. The molecule has 0 spiro atoms. The fraction of sp³-hybridized carbons (Fsp3) is 0.0909. The number of nitrogens with zero attached hydrogens (tertiary/aromatic N) is 3. The van der Waals surface area contributed by atoms with Crippen molar-refractivity contribution < 1.29 is 0 Å². The first-order valence-electron chi connectivity index (χ1n) is 4.36. The smallest absolute Gasteiger partial charge is 0.0390 e. The lowest BCUT2D eigenvalue weighted by atomic mass is 10.2. The highest BCUT2D eigenvalue weighted by atomic mass is 15.3. The van der Waals surface area contributed by atoms with E-state index in [4.69, 9.17) is 0 Å². The molecule has 0 radical (unpaired) electrons. The summed E-state index contributed by atoms with van der Waals surface area (Å²) in [6.45, 7) is 5.64. The van der Waals surface area contributed by atoms with E-state index in [1.807, 2.05) is 37.3 Å². The third-order valence-electron chi connectivity index (χ3n) is 1.99. The molecule has 0 bridgehead atoms. The summed E-state index contributed by atoms with van der Waals surface area (Å²) in [6, 6.07) is 9.75. The fourth-order valence-corrected chi connectivity index (χ4v) is 1.12. The molecule has 0 unspecified atom stereocenters. The molecule has 0 aliphatic carbocycles. The van der Waals surface area contributed by atoms with Gasteiger partial charge in [0, 0.05) is 5.71 Å². The van der Waals surface area contributed by atoms with E-state index in [0.717, 1.165) is 11.3 Å². The van der Waals surface area contributed by atoms with Gasteiger partial charge in [0.15, 0.2) is 0 Å². The highest BCUT2D eigenvalue weighted by molar-refractivity contribution is 6.18. The molecule has 1 aromatic rings. The molecule has 70 valence electrons. The van der Waals surface area contributed by atoms with Gasteiger partial charge in [-0.1, -0.05) is 36.9 Å². The van der Waals surface area contributed by atoms with E-state index in [9.17, 15) is 0 Å². The van der Waals surface area contributed by atoms with Crippen molar-refractivity contribution in [2.75, 3.05) is 0 Å². The van der Waals surface area contributed by atoms with Gasteiger partial charge in [-0.25, -0.2) is 0 Å². The average Bonchev–Trinajstić information content (AvgIpc) is 2.23. The molecule has 0 amide bonds. The zero-order chi connectivity index (χ0) is 9.97. The molecule has 1 aliphatic heterocycles. The van der Waals surface area contributed by atoms with E-state index in [1.54, 1.807) is 0 Å². The predicted octanol–water partition coefficient (Wildman–Crippen LogP) is 2.71. The van der Waals surface area contributed by atoms with Crippen LogP contribution in [0.4, 0.5) is 0 Å². The number of amidine groups is 1. The van der Waals surface area contributed by atoms with E-state index in [1.165, 1.54) is 0 Å². The van der Waals surface area contributed by atoms with E-state index in [2.05, 4.69) is 22.1 Å². The minimum Gasteiger partial charge on any atom is -0.434 e. The van der Waals surface area contributed by atoms with Crippen LogP contribution in [0.5, 0.6) is 0 Å². The topological polar surface area (TPSA) is 38.8 Å². The number of hydrogen-bond donors (Lipinski definition) is 0. The van der Waals surface area contributed by atoms with Crippen LogP contribution in [0.1, 0.15) is 12.5 Å². The third-order valence-corrected chi connectivity index (χ3v) is 1.99. The minimum atomic E-state index is 0.626. The summed E-state index contributed by atoms with van der Waals surface area (Å²) in [4.78, 5) is 0. The SMILES string of the molecule is C=C1[N-]C(c2ccccc2)=NN=C1C. The van der Waals surface area contributed by atoms with Crippen LogP contribution in [0.3, 0.4) is 0 Å². The summed E-state index contributed by atoms with van der Waals surface area (Å²) in [7, 11) is 0. The van der Waals surface area contributed by atoms with Crippen LogP contribution in [-0.2, 0) is 0 Å². The molecule has 2 rings (SSSR count). The number of allylic oxidation sites excluding steroid dienone is 1. The van der Waals surface area contributed by atoms with Crippen LogP contribution >= 0.6 is 0 Å². The summed E-state index contributed by atoms with van der Waals surface area (Å²) in [5.41, 5.74) is 2.41. The Morgan fingerprint density at radius 1 is 1.14 bits per heavy atom. The van der Waals surface area contributed by atoms with Gasteiger partial charge >= 0.3 is 0 Å². The van der Waals surface area contributed by atoms with Crippen molar-refractivity contribution in [2.45, 2.75) is 6.92 Å².